The molecule has 0 unspecified atom stereocenters. The summed E-state index contributed by atoms with van der Waals surface area (Å²) >= 11 is 0. The van der Waals surface area contributed by atoms with Gasteiger partial charge in [0.25, 0.3) is 0 Å². The lowest BCUT2D eigenvalue weighted by atomic mass is 10.0. The van der Waals surface area contributed by atoms with Gasteiger partial charge in [-0.2, -0.15) is 0 Å². The van der Waals surface area contributed by atoms with Crippen molar-refractivity contribution >= 4 is 11.8 Å². The average molecular weight is 202 g/mol. The lowest BCUT2D eigenvalue weighted by Crippen LogP contribution is -1.99. The van der Waals surface area contributed by atoms with E-state index < -0.39 is 0 Å². The summed E-state index contributed by atoms with van der Waals surface area (Å²) in [5.41, 5.74) is 1.36. The Morgan fingerprint density at radius 1 is 1.27 bits per heavy atom. The Morgan fingerprint density at radius 3 is 2.40 bits per heavy atom. The van der Waals surface area contributed by atoms with Crippen LogP contribution in [-0.4, -0.2) is 11.8 Å². The fourth-order valence-electron chi connectivity index (χ4n) is 1.38. The Bertz CT molecular complexity index is 443. The Hall–Kier alpha value is -1.90. The standard InChI is InChI=1S/C12H10O3/c1-8(11-12(14)15-11)7-10(13)9-5-3-2-4-6-9/h2-6H,7H2,1H3. The van der Waals surface area contributed by atoms with Gasteiger partial charge in [0, 0.05) is 12.0 Å². The number of ether oxygens (including phenoxy) is 1. The van der Waals surface area contributed by atoms with Crippen LogP contribution in [-0.2, 0) is 9.53 Å². The van der Waals surface area contributed by atoms with Gasteiger partial charge in [0.1, 0.15) is 0 Å². The Morgan fingerprint density at radius 2 is 1.87 bits per heavy atom. The van der Waals surface area contributed by atoms with Crippen molar-refractivity contribution in [1.82, 2.24) is 0 Å². The Balaban J connectivity index is 2.08. The van der Waals surface area contributed by atoms with Gasteiger partial charge >= 0.3 is 5.97 Å². The molecule has 1 saturated heterocycles. The SMILES string of the molecule is CC(CC(=O)c1ccccc1)=C1OC1=O. The van der Waals surface area contributed by atoms with Crippen LogP contribution in [0.5, 0.6) is 0 Å². The van der Waals surface area contributed by atoms with E-state index in [1.54, 1.807) is 19.1 Å². The van der Waals surface area contributed by atoms with Crippen LogP contribution in [0.15, 0.2) is 41.7 Å². The highest BCUT2D eigenvalue weighted by atomic mass is 16.6. The zero-order valence-electron chi connectivity index (χ0n) is 8.32. The summed E-state index contributed by atoms with van der Waals surface area (Å²) in [4.78, 5) is 22.3. The highest BCUT2D eigenvalue weighted by Crippen LogP contribution is 2.24. The fraction of sp³-hybridized carbons (Fsp3) is 0.167. The molecule has 0 aliphatic carbocycles. The van der Waals surface area contributed by atoms with E-state index in [1.807, 2.05) is 18.2 Å². The van der Waals surface area contributed by atoms with E-state index in [2.05, 4.69) is 4.74 Å². The number of rotatable bonds is 3. The second-order valence-corrected chi connectivity index (χ2v) is 3.46. The molecule has 3 heteroatoms. The molecule has 1 heterocycles. The predicted molar refractivity (Wildman–Crippen MR) is 54.2 cm³/mol. The third kappa shape index (κ3) is 2.13. The molecular formula is C12H10O3. The molecule has 1 aromatic carbocycles. The summed E-state index contributed by atoms with van der Waals surface area (Å²) in [5, 5.41) is 0. The van der Waals surface area contributed by atoms with E-state index in [1.165, 1.54) is 0 Å². The third-order valence-electron chi connectivity index (χ3n) is 2.25. The van der Waals surface area contributed by atoms with Gasteiger partial charge < -0.3 is 4.74 Å². The molecule has 1 aliphatic rings. The van der Waals surface area contributed by atoms with Crippen LogP contribution in [0.4, 0.5) is 0 Å². The molecule has 76 valence electrons. The maximum Gasteiger partial charge on any atom is 0.379 e. The number of epoxide rings is 1. The molecule has 0 bridgehead atoms. The van der Waals surface area contributed by atoms with E-state index in [-0.39, 0.29) is 18.2 Å². The molecule has 1 fully saturated rings. The Labute approximate surface area is 87.4 Å². The van der Waals surface area contributed by atoms with Crippen molar-refractivity contribution < 1.29 is 14.3 Å². The van der Waals surface area contributed by atoms with Gasteiger partial charge in [0.2, 0.25) is 5.76 Å². The first-order valence-electron chi connectivity index (χ1n) is 4.68. The molecule has 0 amide bonds. The molecule has 0 atom stereocenters. The van der Waals surface area contributed by atoms with Crippen LogP contribution in [0, 0.1) is 0 Å². The second kappa shape index (κ2) is 3.69. The topological polar surface area (TPSA) is 46.7 Å². The highest BCUT2D eigenvalue weighted by molar-refractivity contribution is 6.04. The van der Waals surface area contributed by atoms with E-state index in [4.69, 9.17) is 0 Å². The first-order valence-corrected chi connectivity index (χ1v) is 4.68. The molecule has 0 spiro atoms. The quantitative estimate of drug-likeness (QED) is 0.428. The van der Waals surface area contributed by atoms with Crippen molar-refractivity contribution in [2.24, 2.45) is 0 Å². The molecule has 0 radical (unpaired) electrons. The van der Waals surface area contributed by atoms with Crippen LogP contribution >= 0.6 is 0 Å². The number of allylic oxidation sites excluding steroid dienone is 1. The van der Waals surface area contributed by atoms with E-state index >= 15 is 0 Å². The third-order valence-corrected chi connectivity index (χ3v) is 2.25. The maximum atomic E-state index is 11.7. The largest absolute Gasteiger partial charge is 0.413 e. The molecule has 1 aromatic rings. The van der Waals surface area contributed by atoms with Gasteiger partial charge in [-0.05, 0) is 12.5 Å². The lowest BCUT2D eigenvalue weighted by Gasteiger charge is -1.98. The number of hydrogen-bond acceptors (Lipinski definition) is 3. The minimum atomic E-state index is -0.312. The van der Waals surface area contributed by atoms with Crippen LogP contribution < -0.4 is 0 Å². The number of hydrogen-bond donors (Lipinski definition) is 0. The number of cyclic esters (lactones) is 1. The summed E-state index contributed by atoms with van der Waals surface area (Å²) in [6.45, 7) is 1.74. The number of Topliss-reactive ketones (excluding diaryl/α,β-unsaturated/α-hetero) is 1. The zero-order chi connectivity index (χ0) is 10.8. The van der Waals surface area contributed by atoms with Crippen LogP contribution in [0.25, 0.3) is 0 Å². The molecule has 0 aromatic heterocycles. The predicted octanol–water partition coefficient (Wildman–Crippen LogP) is 2.09. The van der Waals surface area contributed by atoms with Crippen LogP contribution in [0.2, 0.25) is 0 Å². The van der Waals surface area contributed by atoms with Crippen molar-refractivity contribution in [2.45, 2.75) is 13.3 Å². The second-order valence-electron chi connectivity index (χ2n) is 3.46. The first kappa shape index (κ1) is 9.65. The van der Waals surface area contributed by atoms with Crippen LogP contribution in [0.3, 0.4) is 0 Å². The highest BCUT2D eigenvalue weighted by Gasteiger charge is 2.33. The zero-order valence-corrected chi connectivity index (χ0v) is 8.32. The van der Waals surface area contributed by atoms with E-state index in [0.29, 0.717) is 16.9 Å². The molecule has 0 N–H and O–H groups in total. The molecule has 0 saturated carbocycles. The summed E-state index contributed by atoms with van der Waals surface area (Å²) in [6, 6.07) is 9.00. The van der Waals surface area contributed by atoms with Crippen molar-refractivity contribution in [3.63, 3.8) is 0 Å². The van der Waals surface area contributed by atoms with Gasteiger partial charge in [-0.15, -0.1) is 0 Å². The lowest BCUT2D eigenvalue weighted by molar-refractivity contribution is -0.117. The fourth-order valence-corrected chi connectivity index (χ4v) is 1.38. The molecule has 15 heavy (non-hydrogen) atoms. The smallest absolute Gasteiger partial charge is 0.379 e. The van der Waals surface area contributed by atoms with Gasteiger partial charge in [-0.3, -0.25) is 4.79 Å². The monoisotopic (exact) mass is 202 g/mol. The van der Waals surface area contributed by atoms with Crippen molar-refractivity contribution in [1.29, 1.82) is 0 Å². The minimum absolute atomic E-state index is 0.00361. The van der Waals surface area contributed by atoms with Crippen molar-refractivity contribution in [2.75, 3.05) is 0 Å². The van der Waals surface area contributed by atoms with Gasteiger partial charge in [0.15, 0.2) is 5.78 Å². The van der Waals surface area contributed by atoms with E-state index in [9.17, 15) is 9.59 Å². The summed E-state index contributed by atoms with van der Waals surface area (Å²) in [5.74, 6) is 0.0385. The first-order chi connectivity index (χ1) is 7.18. The molecule has 2 rings (SSSR count). The van der Waals surface area contributed by atoms with E-state index in [0.717, 1.165) is 0 Å². The maximum absolute atomic E-state index is 11.7. The Kier molecular flexibility index (Phi) is 2.37. The summed E-state index contributed by atoms with van der Waals surface area (Å²) in [7, 11) is 0. The van der Waals surface area contributed by atoms with Gasteiger partial charge in [0.05, 0.1) is 0 Å². The molecule has 1 aliphatic heterocycles. The number of carbonyl (C=O) groups is 2. The van der Waals surface area contributed by atoms with Crippen molar-refractivity contribution in [3.8, 4) is 0 Å². The summed E-state index contributed by atoms with van der Waals surface area (Å²) in [6.07, 6.45) is 0.241. The average Bonchev–Trinajstić information content (AvgIpc) is 2.97. The number of ketones is 1. The minimum Gasteiger partial charge on any atom is -0.413 e. The normalized spacial score (nSPS) is 17.0. The van der Waals surface area contributed by atoms with Crippen molar-refractivity contribution in [3.05, 3.63) is 47.2 Å². The number of benzene rings is 1. The molecule has 3 nitrogen and oxygen atoms in total. The van der Waals surface area contributed by atoms with Crippen LogP contribution in [0.1, 0.15) is 23.7 Å². The van der Waals surface area contributed by atoms with Gasteiger partial charge in [-0.25, -0.2) is 4.79 Å². The van der Waals surface area contributed by atoms with Gasteiger partial charge in [-0.1, -0.05) is 30.3 Å². The molecular weight excluding hydrogens is 192 g/mol. The number of carbonyl (C=O) groups excluding carboxylic acids is 2. The summed E-state index contributed by atoms with van der Waals surface area (Å²) < 4.78 is 4.60.